The quantitative estimate of drug-likeness (QED) is 0.738. The largest absolute Gasteiger partial charge is 0.477 e. The van der Waals surface area contributed by atoms with Crippen molar-refractivity contribution in [2.45, 2.75) is 52.9 Å². The van der Waals surface area contributed by atoms with E-state index < -0.39 is 0 Å². The molecule has 5 heteroatoms. The molecule has 0 N–H and O–H groups in total. The minimum absolute atomic E-state index is 0.129. The number of hydrogen-bond donors (Lipinski definition) is 0. The molecule has 2 heterocycles. The third-order valence-electron chi connectivity index (χ3n) is 8.69. The zero-order chi connectivity index (χ0) is 21.1. The molecule has 1 saturated carbocycles. The number of likely N-dealkylation sites (tertiary alicyclic amines) is 1. The van der Waals surface area contributed by atoms with Gasteiger partial charge in [-0.1, -0.05) is 19.9 Å². The van der Waals surface area contributed by atoms with E-state index in [1.165, 1.54) is 24.1 Å². The summed E-state index contributed by atoms with van der Waals surface area (Å²) in [6.07, 6.45) is 13.2. The predicted molar refractivity (Wildman–Crippen MR) is 117 cm³/mol. The van der Waals surface area contributed by atoms with Gasteiger partial charge in [0.05, 0.1) is 24.7 Å². The normalized spacial score (nSPS) is 37.7. The highest BCUT2D eigenvalue weighted by Gasteiger charge is 2.58. The summed E-state index contributed by atoms with van der Waals surface area (Å²) >= 11 is 0. The number of aromatic nitrogens is 2. The fourth-order valence-electron chi connectivity index (χ4n) is 7.23. The SMILES string of the molecule is CCOc1cncc(C2=CC[C@H]3[C@@H]4CN(C)C5=CC(=O)CC[C@]5(C)[C@H]4CC[C@]23C)n1. The predicted octanol–water partition coefficient (Wildman–Crippen LogP) is 4.51. The van der Waals surface area contributed by atoms with Gasteiger partial charge in [-0.2, -0.15) is 0 Å². The standard InChI is InChI=1S/C25H33N3O2/c1-5-30-23-14-26-13-21(27-23)20-7-6-18-17-15-28(4)22-12-16(29)8-10-25(22,3)19(17)9-11-24(18,20)2/h7,12-14,17-19H,5-6,8-11,15H2,1-4H3/t17-,18-,19-,24-,25+/m0/s1. The molecule has 5 atom stereocenters. The number of nitrogens with zero attached hydrogens (tertiary/aromatic N) is 3. The Morgan fingerprint density at radius 2 is 2.03 bits per heavy atom. The summed E-state index contributed by atoms with van der Waals surface area (Å²) in [5, 5.41) is 0. The zero-order valence-electron chi connectivity index (χ0n) is 18.6. The first-order chi connectivity index (χ1) is 14.4. The number of carbonyl (C=O) groups excluding carboxylic acids is 1. The van der Waals surface area contributed by atoms with Crippen molar-refractivity contribution in [3.05, 3.63) is 35.9 Å². The molecule has 1 aromatic rings. The Bertz CT molecular complexity index is 938. The van der Waals surface area contributed by atoms with Gasteiger partial charge in [0.2, 0.25) is 5.88 Å². The van der Waals surface area contributed by atoms with Crippen molar-refractivity contribution in [1.82, 2.24) is 14.9 Å². The summed E-state index contributed by atoms with van der Waals surface area (Å²) in [4.78, 5) is 23.7. The molecule has 4 aliphatic rings. The summed E-state index contributed by atoms with van der Waals surface area (Å²) < 4.78 is 5.61. The topological polar surface area (TPSA) is 55.3 Å². The van der Waals surface area contributed by atoms with Crippen LogP contribution in [0.15, 0.2) is 30.2 Å². The molecule has 0 amide bonds. The second-order valence-electron chi connectivity index (χ2n) is 10.2. The lowest BCUT2D eigenvalue weighted by atomic mass is 9.49. The molecular weight excluding hydrogens is 374 g/mol. The number of ketones is 1. The smallest absolute Gasteiger partial charge is 0.232 e. The molecule has 30 heavy (non-hydrogen) atoms. The summed E-state index contributed by atoms with van der Waals surface area (Å²) in [6, 6.07) is 0. The van der Waals surface area contributed by atoms with E-state index in [0.717, 1.165) is 25.1 Å². The second kappa shape index (κ2) is 6.93. The van der Waals surface area contributed by atoms with Crippen LogP contribution in [0.5, 0.6) is 5.88 Å². The van der Waals surface area contributed by atoms with Crippen LogP contribution in [0.3, 0.4) is 0 Å². The van der Waals surface area contributed by atoms with Crippen LogP contribution in [0, 0.1) is 28.6 Å². The van der Waals surface area contributed by atoms with Gasteiger partial charge in [0, 0.05) is 37.2 Å². The lowest BCUT2D eigenvalue weighted by Gasteiger charge is -2.60. The lowest BCUT2D eigenvalue weighted by molar-refractivity contribution is -0.118. The number of rotatable bonds is 3. The second-order valence-corrected chi connectivity index (χ2v) is 10.2. The first-order valence-corrected chi connectivity index (χ1v) is 11.5. The van der Waals surface area contributed by atoms with Crippen LogP contribution in [-0.2, 0) is 4.79 Å². The Morgan fingerprint density at radius 3 is 2.83 bits per heavy atom. The molecule has 1 saturated heterocycles. The molecule has 0 bridgehead atoms. The fourth-order valence-corrected chi connectivity index (χ4v) is 7.23. The molecular formula is C25H33N3O2. The monoisotopic (exact) mass is 407 g/mol. The fraction of sp³-hybridized carbons (Fsp3) is 0.640. The molecule has 1 aliphatic heterocycles. The van der Waals surface area contributed by atoms with E-state index in [1.54, 1.807) is 6.20 Å². The molecule has 0 aromatic carbocycles. The van der Waals surface area contributed by atoms with Crippen molar-refractivity contribution in [2.75, 3.05) is 20.2 Å². The third kappa shape index (κ3) is 2.77. The average Bonchev–Trinajstić information content (AvgIpc) is 3.07. The van der Waals surface area contributed by atoms with Crippen LogP contribution in [-0.4, -0.2) is 40.9 Å². The number of ether oxygens (including phenoxy) is 1. The summed E-state index contributed by atoms with van der Waals surface area (Å²) in [6.45, 7) is 8.49. The van der Waals surface area contributed by atoms with Gasteiger partial charge >= 0.3 is 0 Å². The molecule has 5 nitrogen and oxygen atoms in total. The van der Waals surface area contributed by atoms with Gasteiger partial charge < -0.3 is 9.64 Å². The average molecular weight is 408 g/mol. The zero-order valence-corrected chi connectivity index (χ0v) is 18.6. The highest BCUT2D eigenvalue weighted by atomic mass is 16.5. The summed E-state index contributed by atoms with van der Waals surface area (Å²) in [5.74, 6) is 2.82. The van der Waals surface area contributed by atoms with Crippen LogP contribution >= 0.6 is 0 Å². The van der Waals surface area contributed by atoms with Crippen LogP contribution < -0.4 is 4.74 Å². The van der Waals surface area contributed by atoms with Gasteiger partial charge in [0.1, 0.15) is 0 Å². The third-order valence-corrected chi connectivity index (χ3v) is 8.69. The number of hydrogen-bond acceptors (Lipinski definition) is 5. The highest BCUT2D eigenvalue weighted by Crippen LogP contribution is 2.65. The first kappa shape index (κ1) is 19.8. The number of fused-ring (bicyclic) bond motifs is 5. The van der Waals surface area contributed by atoms with Crippen molar-refractivity contribution in [1.29, 1.82) is 0 Å². The Hall–Kier alpha value is -2.17. The van der Waals surface area contributed by atoms with E-state index >= 15 is 0 Å². The maximum absolute atomic E-state index is 12.1. The highest BCUT2D eigenvalue weighted by molar-refractivity contribution is 5.91. The van der Waals surface area contributed by atoms with Crippen molar-refractivity contribution < 1.29 is 9.53 Å². The van der Waals surface area contributed by atoms with Crippen molar-refractivity contribution in [3.63, 3.8) is 0 Å². The van der Waals surface area contributed by atoms with Gasteiger partial charge in [0.25, 0.3) is 0 Å². The Morgan fingerprint density at radius 1 is 1.20 bits per heavy atom. The van der Waals surface area contributed by atoms with Crippen LogP contribution in [0.25, 0.3) is 5.57 Å². The molecule has 160 valence electrons. The Balaban J connectivity index is 1.47. The molecule has 0 unspecified atom stereocenters. The van der Waals surface area contributed by atoms with E-state index in [4.69, 9.17) is 9.72 Å². The number of allylic oxidation sites excluding steroid dienone is 4. The Kier molecular flexibility index (Phi) is 4.57. The molecule has 5 rings (SSSR count). The summed E-state index contributed by atoms with van der Waals surface area (Å²) in [5.41, 5.74) is 3.87. The lowest BCUT2D eigenvalue weighted by Crippen LogP contribution is -2.56. The minimum Gasteiger partial charge on any atom is -0.477 e. The number of carbonyl (C=O) groups is 1. The van der Waals surface area contributed by atoms with E-state index in [2.05, 4.69) is 36.9 Å². The molecule has 1 aromatic heterocycles. The van der Waals surface area contributed by atoms with Gasteiger partial charge in [-0.15, -0.1) is 0 Å². The molecule has 2 fully saturated rings. The molecule has 3 aliphatic carbocycles. The molecule has 0 radical (unpaired) electrons. The maximum Gasteiger partial charge on any atom is 0.232 e. The van der Waals surface area contributed by atoms with Gasteiger partial charge in [0.15, 0.2) is 5.78 Å². The van der Waals surface area contributed by atoms with Crippen molar-refractivity contribution in [2.24, 2.45) is 28.6 Å². The van der Waals surface area contributed by atoms with Gasteiger partial charge in [-0.25, -0.2) is 4.98 Å². The Labute approximate surface area is 179 Å². The maximum atomic E-state index is 12.1. The van der Waals surface area contributed by atoms with Crippen molar-refractivity contribution in [3.8, 4) is 5.88 Å². The van der Waals surface area contributed by atoms with Gasteiger partial charge in [-0.3, -0.25) is 9.78 Å². The first-order valence-electron chi connectivity index (χ1n) is 11.5. The van der Waals surface area contributed by atoms with Crippen molar-refractivity contribution >= 4 is 11.4 Å². The van der Waals surface area contributed by atoms with E-state index in [-0.39, 0.29) is 10.8 Å². The number of piperidine rings is 1. The van der Waals surface area contributed by atoms with E-state index in [0.29, 0.717) is 42.4 Å². The van der Waals surface area contributed by atoms with Crippen LogP contribution in [0.2, 0.25) is 0 Å². The summed E-state index contributed by atoms with van der Waals surface area (Å²) in [7, 11) is 2.19. The van der Waals surface area contributed by atoms with Crippen LogP contribution in [0.4, 0.5) is 0 Å². The molecule has 0 spiro atoms. The minimum atomic E-state index is 0.129. The van der Waals surface area contributed by atoms with Gasteiger partial charge in [-0.05, 0) is 61.3 Å². The van der Waals surface area contributed by atoms with Crippen LogP contribution in [0.1, 0.15) is 58.6 Å². The van der Waals surface area contributed by atoms with E-state index in [1.807, 2.05) is 19.2 Å². The van der Waals surface area contributed by atoms with E-state index in [9.17, 15) is 4.79 Å².